The van der Waals surface area contributed by atoms with Gasteiger partial charge in [-0.15, -0.1) is 0 Å². The number of hydrogen-bond acceptors (Lipinski definition) is 4. The van der Waals surface area contributed by atoms with Gasteiger partial charge in [-0.1, -0.05) is 0 Å². The molecule has 0 radical (unpaired) electrons. The third-order valence-corrected chi connectivity index (χ3v) is 4.26. The fourth-order valence-electron chi connectivity index (χ4n) is 1.07. The molecule has 66 valence electrons. The Labute approximate surface area is 82.7 Å². The van der Waals surface area contributed by atoms with Gasteiger partial charge in [0.1, 0.15) is 5.60 Å². The number of halogens is 1. The van der Waals surface area contributed by atoms with E-state index in [0.29, 0.717) is 13.2 Å². The van der Waals surface area contributed by atoms with Gasteiger partial charge in [-0.3, -0.25) is 0 Å². The number of aryl methyl sites for hydroxylation is 1. The Balaban J connectivity index is 2.39. The van der Waals surface area contributed by atoms with Crippen LogP contribution in [0, 0.1) is 6.92 Å². The molecule has 12 heavy (non-hydrogen) atoms. The molecule has 5 heteroatoms. The molecule has 1 saturated heterocycles. The first-order valence-electron chi connectivity index (χ1n) is 3.56. The molecule has 0 spiro atoms. The Morgan fingerprint density at radius 2 is 2.33 bits per heavy atom. The number of aromatic nitrogens is 1. The van der Waals surface area contributed by atoms with Crippen molar-refractivity contribution in [2.24, 2.45) is 0 Å². The first-order valence-corrected chi connectivity index (χ1v) is 5.12. The van der Waals surface area contributed by atoms with E-state index in [0.717, 1.165) is 15.0 Å². The fourth-order valence-corrected chi connectivity index (χ4v) is 2.70. The third-order valence-electron chi connectivity index (χ3n) is 1.90. The monoisotopic (exact) mass is 249 g/mol. The maximum atomic E-state index is 9.89. The van der Waals surface area contributed by atoms with Crippen LogP contribution in [0.25, 0.3) is 0 Å². The minimum Gasteiger partial charge on any atom is -0.379 e. The summed E-state index contributed by atoms with van der Waals surface area (Å²) in [5, 5.41) is 9.89. The van der Waals surface area contributed by atoms with Crippen molar-refractivity contribution in [1.82, 2.24) is 4.37 Å². The highest BCUT2D eigenvalue weighted by Crippen LogP contribution is 2.38. The van der Waals surface area contributed by atoms with Gasteiger partial charge in [0.25, 0.3) is 0 Å². The van der Waals surface area contributed by atoms with E-state index in [4.69, 9.17) is 4.74 Å². The molecule has 1 N–H and O–H groups in total. The highest BCUT2D eigenvalue weighted by molar-refractivity contribution is 9.10. The second kappa shape index (κ2) is 2.77. The summed E-state index contributed by atoms with van der Waals surface area (Å²) in [6.07, 6.45) is 0. The van der Waals surface area contributed by atoms with Gasteiger partial charge in [-0.2, -0.15) is 4.37 Å². The maximum absolute atomic E-state index is 9.89. The van der Waals surface area contributed by atoms with Crippen LogP contribution in [0.1, 0.15) is 10.6 Å². The molecule has 2 rings (SSSR count). The van der Waals surface area contributed by atoms with E-state index < -0.39 is 5.60 Å². The van der Waals surface area contributed by atoms with E-state index in [-0.39, 0.29) is 0 Å². The minimum absolute atomic E-state index is 0.382. The molecule has 1 aliphatic heterocycles. The summed E-state index contributed by atoms with van der Waals surface area (Å²) in [6, 6.07) is 0. The lowest BCUT2D eigenvalue weighted by molar-refractivity contribution is -0.182. The molecular weight excluding hydrogens is 242 g/mol. The van der Waals surface area contributed by atoms with Gasteiger partial charge >= 0.3 is 0 Å². The molecule has 0 bridgehead atoms. The van der Waals surface area contributed by atoms with Crippen LogP contribution in [-0.4, -0.2) is 22.7 Å². The molecule has 0 saturated carbocycles. The van der Waals surface area contributed by atoms with Crippen molar-refractivity contribution in [2.75, 3.05) is 13.2 Å². The van der Waals surface area contributed by atoms with E-state index in [1.165, 1.54) is 11.5 Å². The number of ether oxygens (including phenoxy) is 1. The molecule has 2 heterocycles. The summed E-state index contributed by atoms with van der Waals surface area (Å²) in [7, 11) is 0. The topological polar surface area (TPSA) is 42.4 Å². The molecule has 0 aromatic carbocycles. The normalized spacial score (nSPS) is 20.6. The molecule has 0 aliphatic carbocycles. The van der Waals surface area contributed by atoms with E-state index >= 15 is 0 Å². The van der Waals surface area contributed by atoms with Gasteiger partial charge in [0.2, 0.25) is 0 Å². The maximum Gasteiger partial charge on any atom is 0.148 e. The average Bonchev–Trinajstić information content (AvgIpc) is 2.29. The lowest BCUT2D eigenvalue weighted by Gasteiger charge is -2.35. The number of nitrogens with zero attached hydrogens (tertiary/aromatic N) is 1. The predicted molar refractivity (Wildman–Crippen MR) is 49.3 cm³/mol. The van der Waals surface area contributed by atoms with Crippen LogP contribution in [0.3, 0.4) is 0 Å². The zero-order valence-electron chi connectivity index (χ0n) is 6.50. The quantitative estimate of drug-likeness (QED) is 0.819. The van der Waals surface area contributed by atoms with Gasteiger partial charge in [0.05, 0.1) is 28.3 Å². The molecule has 1 aromatic rings. The van der Waals surface area contributed by atoms with Crippen molar-refractivity contribution in [3.05, 3.63) is 15.0 Å². The van der Waals surface area contributed by atoms with Gasteiger partial charge in [-0.05, 0) is 34.4 Å². The highest BCUT2D eigenvalue weighted by atomic mass is 79.9. The smallest absolute Gasteiger partial charge is 0.148 e. The predicted octanol–water partition coefficient (Wildman–Crippen LogP) is 1.43. The summed E-state index contributed by atoms with van der Waals surface area (Å²) in [5.74, 6) is 0. The molecule has 1 aromatic heterocycles. The van der Waals surface area contributed by atoms with Crippen LogP contribution in [0.2, 0.25) is 0 Å². The Morgan fingerprint density at radius 3 is 2.67 bits per heavy atom. The standard InChI is InChI=1S/C7H8BrNO2S/c1-4-5(8)6(12-9-4)7(10)2-11-3-7/h10H,2-3H2,1H3. The summed E-state index contributed by atoms with van der Waals surface area (Å²) in [6.45, 7) is 2.67. The van der Waals surface area contributed by atoms with Crippen molar-refractivity contribution >= 4 is 27.5 Å². The molecule has 0 amide bonds. The molecular formula is C7H8BrNO2S. The lowest BCUT2D eigenvalue weighted by atomic mass is 10.0. The molecule has 3 nitrogen and oxygen atoms in total. The van der Waals surface area contributed by atoms with Crippen LogP contribution in [0.5, 0.6) is 0 Å². The Kier molecular flexibility index (Phi) is 1.99. The van der Waals surface area contributed by atoms with E-state index in [1.807, 2.05) is 6.92 Å². The van der Waals surface area contributed by atoms with Gasteiger partial charge in [0, 0.05) is 0 Å². The van der Waals surface area contributed by atoms with E-state index in [1.54, 1.807) is 0 Å². The second-order valence-electron chi connectivity index (χ2n) is 2.94. The summed E-state index contributed by atoms with van der Waals surface area (Å²) >= 11 is 4.73. The summed E-state index contributed by atoms with van der Waals surface area (Å²) in [5.41, 5.74) is 0.139. The van der Waals surface area contributed by atoms with Crippen LogP contribution in [-0.2, 0) is 10.3 Å². The first kappa shape index (κ1) is 8.62. The highest BCUT2D eigenvalue weighted by Gasteiger charge is 2.41. The largest absolute Gasteiger partial charge is 0.379 e. The van der Waals surface area contributed by atoms with Crippen LogP contribution < -0.4 is 0 Å². The third kappa shape index (κ3) is 1.12. The SMILES string of the molecule is Cc1nsc(C2(O)COC2)c1Br. The Bertz CT molecular complexity index is 308. The zero-order chi connectivity index (χ0) is 8.77. The Morgan fingerprint density at radius 1 is 1.67 bits per heavy atom. The molecule has 0 unspecified atom stereocenters. The van der Waals surface area contributed by atoms with Gasteiger partial charge in [-0.25, -0.2) is 0 Å². The lowest BCUT2D eigenvalue weighted by Crippen LogP contribution is -2.46. The fraction of sp³-hybridized carbons (Fsp3) is 0.571. The summed E-state index contributed by atoms with van der Waals surface area (Å²) in [4.78, 5) is 0.881. The molecule has 1 aliphatic rings. The van der Waals surface area contributed by atoms with E-state index in [2.05, 4.69) is 20.3 Å². The minimum atomic E-state index is -0.787. The van der Waals surface area contributed by atoms with Crippen molar-refractivity contribution in [1.29, 1.82) is 0 Å². The van der Waals surface area contributed by atoms with Gasteiger partial charge in [0.15, 0.2) is 0 Å². The van der Waals surface area contributed by atoms with Crippen LogP contribution in [0.4, 0.5) is 0 Å². The average molecular weight is 250 g/mol. The van der Waals surface area contributed by atoms with Crippen LogP contribution >= 0.6 is 27.5 Å². The first-order chi connectivity index (χ1) is 5.63. The number of hydrogen-bond donors (Lipinski definition) is 1. The zero-order valence-corrected chi connectivity index (χ0v) is 8.91. The van der Waals surface area contributed by atoms with Crippen LogP contribution in [0.15, 0.2) is 4.47 Å². The second-order valence-corrected chi connectivity index (χ2v) is 4.50. The molecule has 1 fully saturated rings. The van der Waals surface area contributed by atoms with Crippen molar-refractivity contribution < 1.29 is 9.84 Å². The van der Waals surface area contributed by atoms with Gasteiger partial charge < -0.3 is 9.84 Å². The number of aliphatic hydroxyl groups is 1. The van der Waals surface area contributed by atoms with Crippen molar-refractivity contribution in [2.45, 2.75) is 12.5 Å². The van der Waals surface area contributed by atoms with Crippen molar-refractivity contribution in [3.8, 4) is 0 Å². The number of rotatable bonds is 1. The summed E-state index contributed by atoms with van der Waals surface area (Å²) < 4.78 is 10.0. The van der Waals surface area contributed by atoms with Crippen molar-refractivity contribution in [3.63, 3.8) is 0 Å². The molecule has 0 atom stereocenters. The Hall–Kier alpha value is 0.0300. The van der Waals surface area contributed by atoms with E-state index in [9.17, 15) is 5.11 Å².